The van der Waals surface area contributed by atoms with Crippen LogP contribution in [-0.4, -0.2) is 33.8 Å². The van der Waals surface area contributed by atoms with Crippen LogP contribution in [0.25, 0.3) is 22.3 Å². The minimum absolute atomic E-state index is 0.0840. The van der Waals surface area contributed by atoms with E-state index in [1.807, 2.05) is 0 Å². The fraction of sp³-hybridized carbons (Fsp3) is 0.318. The van der Waals surface area contributed by atoms with Crippen molar-refractivity contribution in [3.8, 4) is 17.1 Å². The third-order valence-corrected chi connectivity index (χ3v) is 5.03. The van der Waals surface area contributed by atoms with Crippen LogP contribution in [0.15, 0.2) is 39.5 Å². The Bertz CT molecular complexity index is 1170. The SMILES string of the molecule is COc1ccc(-c2oc3cc(C)n(C(C(=O)O)C(C)C)c(=O)c3c2CC(=O)O)cc1. The zero-order valence-electron chi connectivity index (χ0n) is 17.1. The minimum Gasteiger partial charge on any atom is -0.497 e. The summed E-state index contributed by atoms with van der Waals surface area (Å²) >= 11 is 0. The summed E-state index contributed by atoms with van der Waals surface area (Å²) in [5.41, 5.74) is 0.875. The van der Waals surface area contributed by atoms with E-state index in [-0.39, 0.29) is 28.2 Å². The van der Waals surface area contributed by atoms with Crippen molar-refractivity contribution in [2.75, 3.05) is 7.11 Å². The number of carbonyl (C=O) groups is 2. The third-order valence-electron chi connectivity index (χ3n) is 5.03. The van der Waals surface area contributed by atoms with Gasteiger partial charge in [-0.2, -0.15) is 0 Å². The lowest BCUT2D eigenvalue weighted by Gasteiger charge is -2.21. The van der Waals surface area contributed by atoms with Gasteiger partial charge in [-0.05, 0) is 37.1 Å². The van der Waals surface area contributed by atoms with Gasteiger partial charge in [-0.3, -0.25) is 14.2 Å². The molecule has 3 aromatic rings. The Morgan fingerprint density at radius 3 is 2.30 bits per heavy atom. The number of fused-ring (bicyclic) bond motifs is 1. The second kappa shape index (κ2) is 8.06. The number of aliphatic carboxylic acids is 2. The topological polar surface area (TPSA) is 119 Å². The molecule has 158 valence electrons. The highest BCUT2D eigenvalue weighted by molar-refractivity contribution is 5.91. The van der Waals surface area contributed by atoms with E-state index in [0.29, 0.717) is 17.0 Å². The number of carboxylic acids is 2. The quantitative estimate of drug-likeness (QED) is 0.608. The molecule has 0 amide bonds. The molecule has 0 bridgehead atoms. The fourth-order valence-electron chi connectivity index (χ4n) is 3.70. The molecule has 8 heteroatoms. The van der Waals surface area contributed by atoms with Gasteiger partial charge in [0.25, 0.3) is 5.56 Å². The summed E-state index contributed by atoms with van der Waals surface area (Å²) in [5.74, 6) is -1.73. The molecule has 8 nitrogen and oxygen atoms in total. The maximum Gasteiger partial charge on any atom is 0.327 e. The molecule has 2 N–H and O–H groups in total. The fourth-order valence-corrected chi connectivity index (χ4v) is 3.70. The van der Waals surface area contributed by atoms with Crippen LogP contribution in [0, 0.1) is 12.8 Å². The van der Waals surface area contributed by atoms with Crippen molar-refractivity contribution in [2.45, 2.75) is 33.2 Å². The summed E-state index contributed by atoms with van der Waals surface area (Å²) in [5, 5.41) is 19.2. The number of aryl methyl sites for hydroxylation is 1. The smallest absolute Gasteiger partial charge is 0.327 e. The molecule has 1 aromatic carbocycles. The van der Waals surface area contributed by atoms with Gasteiger partial charge >= 0.3 is 11.9 Å². The second-order valence-corrected chi connectivity index (χ2v) is 7.44. The van der Waals surface area contributed by atoms with E-state index in [1.165, 1.54) is 11.7 Å². The number of hydrogen-bond acceptors (Lipinski definition) is 5. The van der Waals surface area contributed by atoms with Gasteiger partial charge in [0, 0.05) is 22.9 Å². The maximum atomic E-state index is 13.4. The molecule has 0 aliphatic carbocycles. The number of ether oxygens (including phenoxy) is 1. The Hall–Kier alpha value is -3.55. The average molecular weight is 413 g/mol. The van der Waals surface area contributed by atoms with Crippen molar-refractivity contribution in [1.29, 1.82) is 0 Å². The summed E-state index contributed by atoms with van der Waals surface area (Å²) in [6.07, 6.45) is -0.438. The molecular weight excluding hydrogens is 390 g/mol. The number of methoxy groups -OCH3 is 1. The molecule has 2 aromatic heterocycles. The van der Waals surface area contributed by atoms with E-state index in [1.54, 1.807) is 51.1 Å². The Balaban J connectivity index is 2.35. The van der Waals surface area contributed by atoms with E-state index in [0.717, 1.165) is 0 Å². The molecule has 1 atom stereocenters. The first-order valence-corrected chi connectivity index (χ1v) is 9.42. The van der Waals surface area contributed by atoms with Gasteiger partial charge < -0.3 is 19.4 Å². The van der Waals surface area contributed by atoms with Crippen LogP contribution in [0.1, 0.15) is 31.1 Å². The highest BCUT2D eigenvalue weighted by Gasteiger charge is 2.29. The lowest BCUT2D eigenvalue weighted by molar-refractivity contribution is -0.142. The van der Waals surface area contributed by atoms with E-state index in [9.17, 15) is 24.6 Å². The molecule has 0 radical (unpaired) electrons. The van der Waals surface area contributed by atoms with Gasteiger partial charge in [0.2, 0.25) is 0 Å². The molecular formula is C22H23NO7. The lowest BCUT2D eigenvalue weighted by Crippen LogP contribution is -2.34. The third kappa shape index (κ3) is 3.68. The molecule has 0 fully saturated rings. The highest BCUT2D eigenvalue weighted by Crippen LogP contribution is 2.34. The monoisotopic (exact) mass is 413 g/mol. The number of hydrogen-bond donors (Lipinski definition) is 2. The second-order valence-electron chi connectivity index (χ2n) is 7.44. The van der Waals surface area contributed by atoms with Gasteiger partial charge in [0.05, 0.1) is 18.9 Å². The van der Waals surface area contributed by atoms with Gasteiger partial charge in [0.15, 0.2) is 0 Å². The van der Waals surface area contributed by atoms with Gasteiger partial charge in [-0.1, -0.05) is 13.8 Å². The summed E-state index contributed by atoms with van der Waals surface area (Å²) in [4.78, 5) is 36.8. The maximum absolute atomic E-state index is 13.4. The van der Waals surface area contributed by atoms with E-state index in [2.05, 4.69) is 0 Å². The molecule has 0 aliphatic rings. The van der Waals surface area contributed by atoms with Gasteiger partial charge in [-0.15, -0.1) is 0 Å². The van der Waals surface area contributed by atoms with Crippen molar-refractivity contribution in [1.82, 2.24) is 4.57 Å². The molecule has 0 aliphatic heterocycles. The number of benzene rings is 1. The largest absolute Gasteiger partial charge is 0.497 e. The van der Waals surface area contributed by atoms with Crippen LogP contribution in [0.4, 0.5) is 0 Å². The lowest BCUT2D eigenvalue weighted by atomic mass is 10.0. The van der Waals surface area contributed by atoms with E-state index in [4.69, 9.17) is 9.15 Å². The zero-order chi connectivity index (χ0) is 22.2. The van der Waals surface area contributed by atoms with Crippen molar-refractivity contribution >= 4 is 22.9 Å². The first-order valence-electron chi connectivity index (χ1n) is 9.42. The predicted molar refractivity (Wildman–Crippen MR) is 110 cm³/mol. The number of rotatable bonds is 7. The molecule has 30 heavy (non-hydrogen) atoms. The number of nitrogens with zero attached hydrogens (tertiary/aromatic N) is 1. The standard InChI is InChI=1S/C22H23NO7/c1-11(2)19(22(27)28)23-12(3)9-16-18(21(23)26)15(10-17(24)25)20(30-16)13-5-7-14(29-4)8-6-13/h5-9,11,19H,10H2,1-4H3,(H,24,25)(H,27,28). The van der Waals surface area contributed by atoms with Crippen LogP contribution < -0.4 is 10.3 Å². The molecule has 0 saturated carbocycles. The summed E-state index contributed by atoms with van der Waals surface area (Å²) < 4.78 is 12.3. The number of furan rings is 1. The van der Waals surface area contributed by atoms with Gasteiger partial charge in [-0.25, -0.2) is 4.79 Å². The van der Waals surface area contributed by atoms with E-state index >= 15 is 0 Å². The number of pyridine rings is 1. The van der Waals surface area contributed by atoms with Crippen molar-refractivity contribution < 1.29 is 29.0 Å². The first-order chi connectivity index (χ1) is 14.1. The Morgan fingerprint density at radius 1 is 1.17 bits per heavy atom. The van der Waals surface area contributed by atoms with Crippen LogP contribution in [-0.2, 0) is 16.0 Å². The van der Waals surface area contributed by atoms with Crippen molar-refractivity contribution in [3.63, 3.8) is 0 Å². The van der Waals surface area contributed by atoms with Crippen LogP contribution in [0.2, 0.25) is 0 Å². The zero-order valence-corrected chi connectivity index (χ0v) is 17.1. The predicted octanol–water partition coefficient (Wildman–Crippen LogP) is 3.49. The van der Waals surface area contributed by atoms with Gasteiger partial charge in [0.1, 0.15) is 23.1 Å². The molecule has 1 unspecified atom stereocenters. The normalized spacial score (nSPS) is 12.3. The Labute approximate surface area is 172 Å². The molecule has 0 spiro atoms. The summed E-state index contributed by atoms with van der Waals surface area (Å²) in [7, 11) is 1.53. The molecule has 2 heterocycles. The molecule has 3 rings (SSSR count). The van der Waals surface area contributed by atoms with Crippen molar-refractivity contribution in [3.05, 3.63) is 51.9 Å². The van der Waals surface area contributed by atoms with E-state index < -0.39 is 30.0 Å². The Morgan fingerprint density at radius 2 is 1.80 bits per heavy atom. The van der Waals surface area contributed by atoms with Crippen LogP contribution in [0.3, 0.4) is 0 Å². The van der Waals surface area contributed by atoms with Crippen LogP contribution >= 0.6 is 0 Å². The number of carboxylic acid groups (broad SMARTS) is 2. The van der Waals surface area contributed by atoms with Crippen LogP contribution in [0.5, 0.6) is 5.75 Å². The van der Waals surface area contributed by atoms with Crippen molar-refractivity contribution in [2.24, 2.45) is 5.92 Å². The summed E-state index contributed by atoms with van der Waals surface area (Å²) in [6.45, 7) is 5.06. The summed E-state index contributed by atoms with van der Waals surface area (Å²) in [6, 6.07) is 7.32. The average Bonchev–Trinajstić information content (AvgIpc) is 3.01. The first kappa shape index (κ1) is 21.2. The Kier molecular flexibility index (Phi) is 5.69. The number of aromatic nitrogens is 1. The highest BCUT2D eigenvalue weighted by atomic mass is 16.5. The molecule has 0 saturated heterocycles. The minimum atomic E-state index is -1.13.